The quantitative estimate of drug-likeness (QED) is 0.613. The van der Waals surface area contributed by atoms with E-state index in [1.165, 1.54) is 0 Å². The van der Waals surface area contributed by atoms with Gasteiger partial charge in [-0.3, -0.25) is 24.0 Å². The fourth-order valence-electron chi connectivity index (χ4n) is 4.30. The van der Waals surface area contributed by atoms with Gasteiger partial charge in [-0.2, -0.15) is 4.98 Å². The molecule has 2 aromatic rings. The number of likely N-dealkylation sites (N-methyl/N-ethyl adjacent to an activating group) is 2. The van der Waals surface area contributed by atoms with Gasteiger partial charge in [0.05, 0.1) is 11.6 Å². The lowest BCUT2D eigenvalue weighted by Gasteiger charge is -2.32. The van der Waals surface area contributed by atoms with Crippen molar-refractivity contribution >= 4 is 5.91 Å². The van der Waals surface area contributed by atoms with Crippen molar-refractivity contribution in [3.05, 3.63) is 34.1 Å². The Hall–Kier alpha value is -2.76. The van der Waals surface area contributed by atoms with Gasteiger partial charge in [0, 0.05) is 58.2 Å². The molecular weight excluding hydrogens is 424 g/mol. The number of hydrogen-bond donors (Lipinski definition) is 2. The number of rotatable bonds is 6. The lowest BCUT2D eigenvalue weighted by Crippen LogP contribution is -2.48. The molecule has 2 aromatic heterocycles. The van der Waals surface area contributed by atoms with Crippen LogP contribution in [0.5, 0.6) is 5.88 Å². The summed E-state index contributed by atoms with van der Waals surface area (Å²) in [6.07, 6.45) is 3.48. The summed E-state index contributed by atoms with van der Waals surface area (Å²) in [5.41, 5.74) is 0.162. The third-order valence-corrected chi connectivity index (χ3v) is 6.38. The van der Waals surface area contributed by atoms with Crippen LogP contribution in [0.15, 0.2) is 17.2 Å². The zero-order valence-electron chi connectivity index (χ0n) is 19.9. The van der Waals surface area contributed by atoms with Gasteiger partial charge in [-0.15, -0.1) is 0 Å². The molecule has 1 atom stereocenters. The Balaban J connectivity index is 1.60. The van der Waals surface area contributed by atoms with E-state index >= 15 is 0 Å². The van der Waals surface area contributed by atoms with Crippen LogP contribution in [0.2, 0.25) is 0 Å². The number of aromatic nitrogens is 4. The maximum Gasteiger partial charge on any atom is 0.260 e. The number of nitrogens with one attached hydrogen (secondary N) is 2. The first-order chi connectivity index (χ1) is 15.8. The van der Waals surface area contributed by atoms with Crippen LogP contribution in [-0.4, -0.2) is 107 Å². The fraction of sp³-hybridized carbons (Fsp3) is 0.636. The highest BCUT2D eigenvalue weighted by Crippen LogP contribution is 2.24. The summed E-state index contributed by atoms with van der Waals surface area (Å²) >= 11 is 0. The molecule has 0 spiro atoms. The van der Waals surface area contributed by atoms with Crippen LogP contribution in [0.1, 0.15) is 37.2 Å². The van der Waals surface area contributed by atoms with Crippen LogP contribution in [0, 0.1) is 0 Å². The van der Waals surface area contributed by atoms with Crippen molar-refractivity contribution in [2.45, 2.75) is 25.8 Å². The average molecular weight is 459 g/mol. The van der Waals surface area contributed by atoms with Crippen LogP contribution >= 0.6 is 0 Å². The molecule has 4 rings (SSSR count). The normalized spacial score (nSPS) is 20.4. The van der Waals surface area contributed by atoms with Crippen LogP contribution in [0.3, 0.4) is 0 Å². The lowest BCUT2D eigenvalue weighted by molar-refractivity contribution is -0.135. The maximum atomic E-state index is 13.0. The Morgan fingerprint density at radius 1 is 1.21 bits per heavy atom. The SMILES string of the molecule is CC(C)c1c(OCC(=O)N2CCN(C)CC2)nc(-n2ccnc2C2CNCCN2C)[nH]c1=O. The number of aromatic amines is 1. The molecule has 0 aromatic carbocycles. The summed E-state index contributed by atoms with van der Waals surface area (Å²) in [6.45, 7) is 9.27. The molecule has 0 saturated carbocycles. The minimum Gasteiger partial charge on any atom is -0.467 e. The molecule has 1 amide bonds. The molecule has 2 saturated heterocycles. The number of imidazole rings is 1. The Morgan fingerprint density at radius 3 is 2.67 bits per heavy atom. The van der Waals surface area contributed by atoms with Crippen LogP contribution in [0.4, 0.5) is 0 Å². The molecule has 2 aliphatic rings. The number of amides is 1. The second kappa shape index (κ2) is 10.0. The Bertz CT molecular complexity index is 1020. The summed E-state index contributed by atoms with van der Waals surface area (Å²) in [4.78, 5) is 44.0. The van der Waals surface area contributed by atoms with Crippen LogP contribution in [0.25, 0.3) is 5.95 Å². The molecule has 0 radical (unpaired) electrons. The lowest BCUT2D eigenvalue weighted by atomic mass is 10.1. The molecule has 0 aliphatic carbocycles. The van der Waals surface area contributed by atoms with E-state index < -0.39 is 0 Å². The van der Waals surface area contributed by atoms with E-state index in [4.69, 9.17) is 4.74 Å². The fourth-order valence-corrected chi connectivity index (χ4v) is 4.30. The number of piperazine rings is 2. The van der Waals surface area contributed by atoms with Gasteiger partial charge in [0.2, 0.25) is 11.8 Å². The number of nitrogens with zero attached hydrogens (tertiary/aromatic N) is 6. The van der Waals surface area contributed by atoms with E-state index in [0.717, 1.165) is 38.5 Å². The summed E-state index contributed by atoms with van der Waals surface area (Å²) in [5.74, 6) is 1.10. The predicted molar refractivity (Wildman–Crippen MR) is 124 cm³/mol. The van der Waals surface area contributed by atoms with E-state index in [1.807, 2.05) is 20.9 Å². The highest BCUT2D eigenvalue weighted by Gasteiger charge is 2.27. The minimum absolute atomic E-state index is 0.0482. The standard InChI is InChI=1S/C22H34N8O3/c1-15(2)18-20(32)25-22(30-8-6-24-19(30)16-13-23-5-7-28(16)4)26-21(18)33-14-17(31)29-11-9-27(3)10-12-29/h6,8,15-16,23H,5,7,9-14H2,1-4H3,(H,25,26,32). The molecule has 0 bridgehead atoms. The van der Waals surface area contributed by atoms with Crippen molar-refractivity contribution in [1.29, 1.82) is 0 Å². The maximum absolute atomic E-state index is 13.0. The molecule has 11 heteroatoms. The smallest absolute Gasteiger partial charge is 0.260 e. The number of carbonyl (C=O) groups excluding carboxylic acids is 1. The molecule has 2 aliphatic heterocycles. The van der Waals surface area contributed by atoms with Crippen LogP contribution < -0.4 is 15.6 Å². The second-order valence-electron chi connectivity index (χ2n) is 9.09. The van der Waals surface area contributed by atoms with Gasteiger partial charge in [0.1, 0.15) is 5.82 Å². The van der Waals surface area contributed by atoms with Gasteiger partial charge in [0.15, 0.2) is 6.61 Å². The van der Waals surface area contributed by atoms with Gasteiger partial charge in [-0.05, 0) is 20.0 Å². The first kappa shape index (κ1) is 23.4. The monoisotopic (exact) mass is 458 g/mol. The average Bonchev–Trinajstić information content (AvgIpc) is 3.27. The van der Waals surface area contributed by atoms with Crippen molar-refractivity contribution in [3.8, 4) is 11.8 Å². The molecule has 11 nitrogen and oxygen atoms in total. The van der Waals surface area contributed by atoms with E-state index in [2.05, 4.69) is 37.1 Å². The van der Waals surface area contributed by atoms with Gasteiger partial charge >= 0.3 is 0 Å². The van der Waals surface area contributed by atoms with E-state index in [9.17, 15) is 9.59 Å². The topological polar surface area (TPSA) is 112 Å². The Morgan fingerprint density at radius 2 is 1.97 bits per heavy atom. The molecule has 4 heterocycles. The molecule has 2 fully saturated rings. The summed E-state index contributed by atoms with van der Waals surface area (Å²) < 4.78 is 7.66. The molecule has 1 unspecified atom stereocenters. The van der Waals surface area contributed by atoms with Crippen molar-refractivity contribution in [3.63, 3.8) is 0 Å². The van der Waals surface area contributed by atoms with E-state index in [1.54, 1.807) is 21.9 Å². The summed E-state index contributed by atoms with van der Waals surface area (Å²) in [6, 6.07) is 0.0482. The Labute approximate surface area is 193 Å². The highest BCUT2D eigenvalue weighted by atomic mass is 16.5. The number of carbonyl (C=O) groups is 1. The first-order valence-electron chi connectivity index (χ1n) is 11.5. The van der Waals surface area contributed by atoms with Gasteiger partial charge in [-0.25, -0.2) is 4.98 Å². The molecule has 2 N–H and O–H groups in total. The zero-order valence-corrected chi connectivity index (χ0v) is 19.9. The molecule has 33 heavy (non-hydrogen) atoms. The van der Waals surface area contributed by atoms with Crippen molar-refractivity contribution < 1.29 is 9.53 Å². The van der Waals surface area contributed by atoms with Gasteiger partial charge < -0.3 is 19.9 Å². The van der Waals surface area contributed by atoms with Gasteiger partial charge in [0.25, 0.3) is 11.5 Å². The minimum atomic E-state index is -0.271. The Kier molecular flexibility index (Phi) is 7.11. The third-order valence-electron chi connectivity index (χ3n) is 6.38. The second-order valence-corrected chi connectivity index (χ2v) is 9.09. The van der Waals surface area contributed by atoms with E-state index in [0.29, 0.717) is 24.6 Å². The number of H-pyrrole nitrogens is 1. The molecule has 180 valence electrons. The van der Waals surface area contributed by atoms with E-state index in [-0.39, 0.29) is 35.9 Å². The van der Waals surface area contributed by atoms with Crippen molar-refractivity contribution in [2.75, 3.05) is 66.5 Å². The van der Waals surface area contributed by atoms with Crippen molar-refractivity contribution in [1.82, 2.24) is 39.5 Å². The summed E-state index contributed by atoms with van der Waals surface area (Å²) in [7, 11) is 4.10. The van der Waals surface area contributed by atoms with Crippen molar-refractivity contribution in [2.24, 2.45) is 0 Å². The summed E-state index contributed by atoms with van der Waals surface area (Å²) in [5, 5.41) is 3.39. The third kappa shape index (κ3) is 5.10. The van der Waals surface area contributed by atoms with Gasteiger partial charge in [-0.1, -0.05) is 13.8 Å². The largest absolute Gasteiger partial charge is 0.467 e. The number of hydrogen-bond acceptors (Lipinski definition) is 8. The zero-order chi connectivity index (χ0) is 23.5. The first-order valence-corrected chi connectivity index (χ1v) is 11.5. The molecular formula is C22H34N8O3. The number of ether oxygens (including phenoxy) is 1. The van der Waals surface area contributed by atoms with Crippen LogP contribution in [-0.2, 0) is 4.79 Å². The predicted octanol–water partition coefficient (Wildman–Crippen LogP) is -0.192. The highest BCUT2D eigenvalue weighted by molar-refractivity contribution is 5.77.